The molecule has 1 saturated heterocycles. The van der Waals surface area contributed by atoms with Crippen LogP contribution in [0.5, 0.6) is 0 Å². The normalized spacial score (nSPS) is 16.9. The molecule has 194 valence electrons. The van der Waals surface area contributed by atoms with Gasteiger partial charge in [-0.05, 0) is 84.4 Å². The smallest absolute Gasteiger partial charge is 0.153 e. The average Bonchev–Trinajstić information content (AvgIpc) is 3.51. The molecule has 2 aromatic heterocycles. The monoisotopic (exact) mass is 527 g/mol. The van der Waals surface area contributed by atoms with Gasteiger partial charge < -0.3 is 0 Å². The van der Waals surface area contributed by atoms with Crippen LogP contribution in [0.15, 0.2) is 78.1 Å². The molecule has 0 aliphatic carbocycles. The van der Waals surface area contributed by atoms with Crippen LogP contribution >= 0.6 is 11.9 Å². The highest BCUT2D eigenvalue weighted by molar-refractivity contribution is 7.97. The first kappa shape index (κ1) is 24.8. The van der Waals surface area contributed by atoms with Crippen LogP contribution < -0.4 is 0 Å². The summed E-state index contributed by atoms with van der Waals surface area (Å²) < 4.78 is 17.8. The molecule has 7 nitrogen and oxygen atoms in total. The third-order valence-electron chi connectivity index (χ3n) is 7.28. The molecule has 9 heteroatoms. The zero-order valence-corrected chi connectivity index (χ0v) is 22.6. The van der Waals surface area contributed by atoms with Crippen LogP contribution in [0.25, 0.3) is 16.6 Å². The van der Waals surface area contributed by atoms with Gasteiger partial charge in [0, 0.05) is 44.7 Å². The van der Waals surface area contributed by atoms with Crippen LogP contribution in [-0.4, -0.2) is 53.6 Å². The number of hydrogen-bond donors (Lipinski definition) is 0. The van der Waals surface area contributed by atoms with E-state index < -0.39 is 0 Å². The van der Waals surface area contributed by atoms with Crippen molar-refractivity contribution in [1.29, 1.82) is 0 Å². The Morgan fingerprint density at radius 3 is 2.53 bits per heavy atom. The molecule has 3 heterocycles. The van der Waals surface area contributed by atoms with Gasteiger partial charge in [0.25, 0.3) is 0 Å². The van der Waals surface area contributed by atoms with Crippen LogP contribution in [0.4, 0.5) is 4.39 Å². The Balaban J connectivity index is 1.35. The molecule has 1 aliphatic rings. The lowest BCUT2D eigenvalue weighted by molar-refractivity contribution is 0.115. The minimum absolute atomic E-state index is 0.200. The van der Waals surface area contributed by atoms with Gasteiger partial charge in [0.2, 0.25) is 0 Å². The van der Waals surface area contributed by atoms with Crippen LogP contribution in [0, 0.1) is 19.7 Å². The number of halogens is 1. The van der Waals surface area contributed by atoms with Gasteiger partial charge in [-0.15, -0.1) is 5.10 Å². The summed E-state index contributed by atoms with van der Waals surface area (Å²) in [4.78, 5) is 4.19. The Morgan fingerprint density at radius 2 is 1.76 bits per heavy atom. The van der Waals surface area contributed by atoms with Crippen molar-refractivity contribution >= 4 is 22.9 Å². The summed E-state index contributed by atoms with van der Waals surface area (Å²) in [5.41, 5.74) is 7.05. The van der Waals surface area contributed by atoms with E-state index in [9.17, 15) is 4.39 Å². The Labute approximate surface area is 226 Å². The molecular weight excluding hydrogens is 497 g/mol. The van der Waals surface area contributed by atoms with Crippen molar-refractivity contribution in [3.63, 3.8) is 0 Å². The minimum Gasteiger partial charge on any atom is -0.289 e. The number of fused-ring (bicyclic) bond motifs is 1. The lowest BCUT2D eigenvalue weighted by Gasteiger charge is -2.41. The second kappa shape index (κ2) is 10.3. The van der Waals surface area contributed by atoms with Gasteiger partial charge in [0.15, 0.2) is 5.03 Å². The maximum Gasteiger partial charge on any atom is 0.153 e. The predicted molar refractivity (Wildman–Crippen MR) is 149 cm³/mol. The van der Waals surface area contributed by atoms with E-state index in [1.807, 2.05) is 24.1 Å². The van der Waals surface area contributed by atoms with Gasteiger partial charge in [-0.2, -0.15) is 15.0 Å². The zero-order chi connectivity index (χ0) is 26.2. The zero-order valence-electron chi connectivity index (χ0n) is 21.8. The Bertz CT molecular complexity index is 1580. The number of piperazine rings is 1. The standard InChI is InChI=1S/C29H30FN7S/c1-20-6-4-5-7-22(20)18-35-12-13-36(38-29-17-31-34(3)33-29)19-28(35)26-15-23-16-32-37(27(23)14-21(26)2)25-10-8-24(30)9-11-25/h4-11,14-17,28H,12-13,18-19H2,1-3H3. The van der Waals surface area contributed by atoms with Crippen molar-refractivity contribution in [2.75, 3.05) is 19.6 Å². The van der Waals surface area contributed by atoms with Crippen LogP contribution in [0.3, 0.4) is 0 Å². The third-order valence-corrected chi connectivity index (χ3v) is 8.24. The van der Waals surface area contributed by atoms with E-state index in [1.165, 1.54) is 34.4 Å². The van der Waals surface area contributed by atoms with Crippen molar-refractivity contribution in [2.24, 2.45) is 7.05 Å². The third kappa shape index (κ3) is 4.97. The summed E-state index contributed by atoms with van der Waals surface area (Å²) in [6, 6.07) is 19.8. The fraction of sp³-hybridized carbons (Fsp3) is 0.276. The maximum atomic E-state index is 13.5. The van der Waals surface area contributed by atoms with E-state index in [0.29, 0.717) is 0 Å². The number of aromatic nitrogens is 5. The van der Waals surface area contributed by atoms with E-state index in [0.717, 1.165) is 47.8 Å². The van der Waals surface area contributed by atoms with E-state index in [1.54, 1.807) is 28.9 Å². The van der Waals surface area contributed by atoms with Crippen LogP contribution in [0.1, 0.15) is 28.3 Å². The lowest BCUT2D eigenvalue weighted by atomic mass is 9.95. The van der Waals surface area contributed by atoms with Crippen molar-refractivity contribution in [3.05, 3.63) is 101 Å². The van der Waals surface area contributed by atoms with Gasteiger partial charge in [0.1, 0.15) is 5.82 Å². The molecule has 0 radical (unpaired) electrons. The Hall–Kier alpha value is -3.53. The number of benzene rings is 3. The van der Waals surface area contributed by atoms with E-state index >= 15 is 0 Å². The van der Waals surface area contributed by atoms with Gasteiger partial charge >= 0.3 is 0 Å². The molecule has 0 saturated carbocycles. The molecule has 6 rings (SSSR count). The first-order chi connectivity index (χ1) is 18.4. The molecule has 0 N–H and O–H groups in total. The summed E-state index contributed by atoms with van der Waals surface area (Å²) in [5, 5.41) is 15.3. The predicted octanol–water partition coefficient (Wildman–Crippen LogP) is 5.48. The maximum absolute atomic E-state index is 13.5. The number of hydrogen-bond acceptors (Lipinski definition) is 6. The van der Waals surface area contributed by atoms with Crippen LogP contribution in [-0.2, 0) is 13.6 Å². The Morgan fingerprint density at radius 1 is 0.947 bits per heavy atom. The Kier molecular flexibility index (Phi) is 6.73. The van der Waals surface area contributed by atoms with Crippen molar-refractivity contribution in [3.8, 4) is 5.69 Å². The highest BCUT2D eigenvalue weighted by Crippen LogP contribution is 2.36. The first-order valence-electron chi connectivity index (χ1n) is 12.8. The van der Waals surface area contributed by atoms with E-state index in [-0.39, 0.29) is 11.9 Å². The highest BCUT2D eigenvalue weighted by atomic mass is 32.2. The van der Waals surface area contributed by atoms with E-state index in [4.69, 9.17) is 0 Å². The molecule has 38 heavy (non-hydrogen) atoms. The SMILES string of the molecule is Cc1ccccc1CN1CCN(Sc2cnn(C)n2)CC1c1cc2cnn(-c3ccc(F)cc3)c2cc1C. The fourth-order valence-corrected chi connectivity index (χ4v) is 6.12. The number of rotatable bonds is 6. The highest BCUT2D eigenvalue weighted by Gasteiger charge is 2.31. The number of nitrogens with zero attached hydrogens (tertiary/aromatic N) is 7. The summed E-state index contributed by atoms with van der Waals surface area (Å²) in [6.45, 7) is 8.01. The summed E-state index contributed by atoms with van der Waals surface area (Å²) in [5.74, 6) is -0.251. The van der Waals surface area contributed by atoms with Gasteiger partial charge in [0.05, 0.1) is 23.6 Å². The fourth-order valence-electron chi connectivity index (χ4n) is 5.21. The lowest BCUT2D eigenvalue weighted by Crippen LogP contribution is -2.45. The molecule has 0 bridgehead atoms. The molecule has 0 amide bonds. The second-order valence-electron chi connectivity index (χ2n) is 9.86. The first-order valence-corrected chi connectivity index (χ1v) is 13.5. The molecule has 5 aromatic rings. The molecule has 1 unspecified atom stereocenters. The molecule has 0 spiro atoms. The quantitative estimate of drug-likeness (QED) is 0.273. The summed E-state index contributed by atoms with van der Waals surface area (Å²) in [7, 11) is 1.84. The van der Waals surface area contributed by atoms with Crippen molar-refractivity contribution < 1.29 is 4.39 Å². The molecule has 1 aliphatic heterocycles. The number of aryl methyl sites for hydroxylation is 3. The van der Waals surface area contributed by atoms with Crippen LogP contribution in [0.2, 0.25) is 0 Å². The second-order valence-corrected chi connectivity index (χ2v) is 11.0. The largest absolute Gasteiger partial charge is 0.289 e. The van der Waals surface area contributed by atoms with Gasteiger partial charge in [-0.25, -0.2) is 13.4 Å². The van der Waals surface area contributed by atoms with Gasteiger partial charge in [-0.3, -0.25) is 4.90 Å². The minimum atomic E-state index is -0.251. The topological polar surface area (TPSA) is 55.0 Å². The van der Waals surface area contributed by atoms with E-state index in [2.05, 4.69) is 74.7 Å². The average molecular weight is 528 g/mol. The molecule has 1 fully saturated rings. The van der Waals surface area contributed by atoms with Crippen molar-refractivity contribution in [2.45, 2.75) is 31.5 Å². The molecule has 3 aromatic carbocycles. The van der Waals surface area contributed by atoms with Crippen molar-refractivity contribution in [1.82, 2.24) is 34.0 Å². The molecular formula is C29H30FN7S. The summed E-state index contributed by atoms with van der Waals surface area (Å²) >= 11 is 1.67. The van der Waals surface area contributed by atoms with Gasteiger partial charge in [-0.1, -0.05) is 24.3 Å². The summed E-state index contributed by atoms with van der Waals surface area (Å²) in [6.07, 6.45) is 3.72. The molecule has 1 atom stereocenters.